The van der Waals surface area contributed by atoms with Gasteiger partial charge in [0.2, 0.25) is 0 Å². The highest BCUT2D eigenvalue weighted by atomic mass is 19.4. The van der Waals surface area contributed by atoms with Crippen molar-refractivity contribution < 1.29 is 23.4 Å². The molecular formula is C22H24F3N3O2. The van der Waals surface area contributed by atoms with Gasteiger partial charge >= 0.3 is 6.18 Å². The lowest BCUT2D eigenvalue weighted by Gasteiger charge is -2.11. The summed E-state index contributed by atoms with van der Waals surface area (Å²) >= 11 is 0. The van der Waals surface area contributed by atoms with Crippen molar-refractivity contribution in [3.05, 3.63) is 48.0 Å². The van der Waals surface area contributed by atoms with Crippen LogP contribution in [0.25, 0.3) is 22.0 Å². The number of nitrogens with zero attached hydrogens (tertiary/aromatic N) is 2. The number of aliphatic hydroxyl groups excluding tert-OH is 1. The minimum atomic E-state index is -4.52. The zero-order chi connectivity index (χ0) is 21.7. The summed E-state index contributed by atoms with van der Waals surface area (Å²) in [6.07, 6.45) is 2.72. The highest BCUT2D eigenvalue weighted by Gasteiger charge is 2.31. The third-order valence-electron chi connectivity index (χ3n) is 5.12. The number of halogens is 3. The van der Waals surface area contributed by atoms with Gasteiger partial charge in [0.25, 0.3) is 0 Å². The van der Waals surface area contributed by atoms with E-state index in [2.05, 4.69) is 10.2 Å². The molecule has 30 heavy (non-hydrogen) atoms. The van der Waals surface area contributed by atoms with E-state index >= 15 is 0 Å². The predicted octanol–water partition coefficient (Wildman–Crippen LogP) is 5.30. The summed E-state index contributed by atoms with van der Waals surface area (Å²) in [6, 6.07) is 9.68. The molecule has 4 N–H and O–H groups in total. The topological polar surface area (TPSA) is 92.3 Å². The molecule has 1 aliphatic carbocycles. The molecule has 0 amide bonds. The van der Waals surface area contributed by atoms with Gasteiger partial charge in [-0.25, -0.2) is 0 Å². The van der Waals surface area contributed by atoms with E-state index in [0.29, 0.717) is 16.8 Å². The van der Waals surface area contributed by atoms with Gasteiger partial charge in [0.15, 0.2) is 5.82 Å². The smallest absolute Gasteiger partial charge is 0.416 e. The minimum Gasteiger partial charge on any atom is -0.507 e. The first-order valence-electron chi connectivity index (χ1n) is 9.87. The molecule has 1 saturated carbocycles. The Kier molecular flexibility index (Phi) is 6.77. The Hall–Kier alpha value is -2.87. The number of hydrogen-bond acceptors (Lipinski definition) is 5. The number of aromatic nitrogens is 2. The van der Waals surface area contributed by atoms with Crippen LogP contribution < -0.4 is 5.73 Å². The molecule has 1 aliphatic rings. The van der Waals surface area contributed by atoms with Crippen molar-refractivity contribution in [3.63, 3.8) is 0 Å². The number of nitrogens with two attached hydrogens (primary N) is 1. The zero-order valence-electron chi connectivity index (χ0n) is 16.4. The summed E-state index contributed by atoms with van der Waals surface area (Å²) in [4.78, 5) is 0. The second-order valence-corrected chi connectivity index (χ2v) is 7.35. The van der Waals surface area contributed by atoms with Crippen molar-refractivity contribution in [2.45, 2.75) is 50.8 Å². The van der Waals surface area contributed by atoms with Gasteiger partial charge in [0.05, 0.1) is 11.7 Å². The average Bonchev–Trinajstić information content (AvgIpc) is 2.96. The quantitative estimate of drug-likeness (QED) is 0.465. The van der Waals surface area contributed by atoms with Gasteiger partial charge in [-0.3, -0.25) is 0 Å². The molecule has 160 valence electrons. The van der Waals surface area contributed by atoms with E-state index < -0.39 is 17.5 Å². The van der Waals surface area contributed by atoms with Gasteiger partial charge in [-0.1, -0.05) is 49.9 Å². The number of phenols is 1. The monoisotopic (exact) mass is 419 g/mol. The molecule has 0 atom stereocenters. The molecule has 1 fully saturated rings. The van der Waals surface area contributed by atoms with E-state index in [4.69, 9.17) is 10.8 Å². The standard InChI is InChI=1S/C15H10F3N3O.C7H14O/c16-15(17,18)8-5-6-11(12(22)7-8)13-9-3-1-2-4-10(9)14(19)21-20-13;8-7-5-3-1-2-4-6-7/h1-7,22H,(H2,19,21);7-8H,1-6H2. The summed E-state index contributed by atoms with van der Waals surface area (Å²) in [5, 5.41) is 27.9. The second-order valence-electron chi connectivity index (χ2n) is 7.35. The highest BCUT2D eigenvalue weighted by molar-refractivity contribution is 6.00. The zero-order valence-corrected chi connectivity index (χ0v) is 16.4. The van der Waals surface area contributed by atoms with Crippen LogP contribution in [0.5, 0.6) is 5.75 Å². The van der Waals surface area contributed by atoms with E-state index in [1.165, 1.54) is 31.7 Å². The van der Waals surface area contributed by atoms with Crippen molar-refractivity contribution in [2.75, 3.05) is 5.73 Å². The molecule has 0 aliphatic heterocycles. The Labute approximate surface area is 172 Å². The lowest BCUT2D eigenvalue weighted by molar-refractivity contribution is -0.137. The number of hydrogen-bond donors (Lipinski definition) is 3. The van der Waals surface area contributed by atoms with E-state index in [1.807, 2.05) is 0 Å². The van der Waals surface area contributed by atoms with Crippen molar-refractivity contribution in [1.82, 2.24) is 10.2 Å². The molecule has 0 radical (unpaired) electrons. The third-order valence-corrected chi connectivity index (χ3v) is 5.12. The molecule has 0 unspecified atom stereocenters. The van der Waals surface area contributed by atoms with Crippen LogP contribution in [0.1, 0.15) is 44.1 Å². The van der Waals surface area contributed by atoms with Crippen LogP contribution in [0.2, 0.25) is 0 Å². The Bertz CT molecular complexity index is 1000. The Balaban J connectivity index is 0.000000269. The maximum absolute atomic E-state index is 12.7. The van der Waals surface area contributed by atoms with Crippen LogP contribution >= 0.6 is 0 Å². The average molecular weight is 419 g/mol. The Morgan fingerprint density at radius 2 is 1.53 bits per heavy atom. The number of aliphatic hydroxyl groups is 1. The first kappa shape index (κ1) is 21.8. The number of rotatable bonds is 1. The second kappa shape index (κ2) is 9.30. The highest BCUT2D eigenvalue weighted by Crippen LogP contribution is 2.38. The maximum atomic E-state index is 12.7. The molecule has 8 heteroatoms. The minimum absolute atomic E-state index is 0.0255. The van der Waals surface area contributed by atoms with Crippen molar-refractivity contribution in [2.24, 2.45) is 0 Å². The summed E-state index contributed by atoms with van der Waals surface area (Å²) in [5.41, 5.74) is 5.25. The number of phenolic OH excluding ortho intramolecular Hbond substituents is 1. The molecule has 0 spiro atoms. The first-order valence-corrected chi connectivity index (χ1v) is 9.87. The SMILES string of the molecule is Nc1nnc(-c2ccc(C(F)(F)F)cc2O)c2ccccc12.OC1CCCCCC1. The molecule has 4 rings (SSSR count). The molecule has 5 nitrogen and oxygen atoms in total. The van der Waals surface area contributed by atoms with Crippen LogP contribution in [0, 0.1) is 0 Å². The predicted molar refractivity (Wildman–Crippen MR) is 110 cm³/mol. The molecule has 0 saturated heterocycles. The lowest BCUT2D eigenvalue weighted by atomic mass is 10.0. The Morgan fingerprint density at radius 1 is 0.900 bits per heavy atom. The van der Waals surface area contributed by atoms with Gasteiger partial charge < -0.3 is 15.9 Å². The number of aromatic hydroxyl groups is 1. The Morgan fingerprint density at radius 3 is 2.13 bits per heavy atom. The van der Waals surface area contributed by atoms with Gasteiger partial charge in [-0.05, 0) is 31.0 Å². The molecule has 1 aromatic heterocycles. The van der Waals surface area contributed by atoms with E-state index in [9.17, 15) is 18.3 Å². The van der Waals surface area contributed by atoms with Crippen molar-refractivity contribution in [1.29, 1.82) is 0 Å². The van der Waals surface area contributed by atoms with Crippen LogP contribution in [-0.4, -0.2) is 26.5 Å². The van der Waals surface area contributed by atoms with Crippen LogP contribution in [0.15, 0.2) is 42.5 Å². The van der Waals surface area contributed by atoms with E-state index in [-0.39, 0.29) is 23.2 Å². The fraction of sp³-hybridized carbons (Fsp3) is 0.364. The summed E-state index contributed by atoms with van der Waals surface area (Å²) in [6.45, 7) is 0. The summed E-state index contributed by atoms with van der Waals surface area (Å²) < 4.78 is 38.0. The fourth-order valence-electron chi connectivity index (χ4n) is 3.49. The van der Waals surface area contributed by atoms with Gasteiger partial charge in [-0.15, -0.1) is 10.2 Å². The molecule has 0 bridgehead atoms. The normalized spacial score (nSPS) is 15.3. The van der Waals surface area contributed by atoms with Crippen LogP contribution in [0.4, 0.5) is 19.0 Å². The van der Waals surface area contributed by atoms with Crippen molar-refractivity contribution >= 4 is 16.6 Å². The molecule has 1 heterocycles. The molecular weight excluding hydrogens is 395 g/mol. The molecule has 2 aromatic carbocycles. The van der Waals surface area contributed by atoms with Gasteiger partial charge in [-0.2, -0.15) is 13.2 Å². The third kappa shape index (κ3) is 5.18. The summed E-state index contributed by atoms with van der Waals surface area (Å²) in [7, 11) is 0. The number of nitrogen functional groups attached to an aromatic ring is 1. The van der Waals surface area contributed by atoms with Crippen LogP contribution in [0.3, 0.4) is 0 Å². The fourth-order valence-corrected chi connectivity index (χ4v) is 3.49. The lowest BCUT2D eigenvalue weighted by Crippen LogP contribution is -2.04. The number of fused-ring (bicyclic) bond motifs is 1. The number of benzene rings is 2. The van der Waals surface area contributed by atoms with Crippen LogP contribution in [-0.2, 0) is 6.18 Å². The van der Waals surface area contributed by atoms with Gasteiger partial charge in [0.1, 0.15) is 11.4 Å². The maximum Gasteiger partial charge on any atom is 0.416 e. The van der Waals surface area contributed by atoms with Crippen molar-refractivity contribution in [3.8, 4) is 17.0 Å². The van der Waals surface area contributed by atoms with E-state index in [0.717, 1.165) is 18.9 Å². The molecule has 3 aromatic rings. The largest absolute Gasteiger partial charge is 0.507 e. The van der Waals surface area contributed by atoms with E-state index in [1.54, 1.807) is 24.3 Å². The summed E-state index contributed by atoms with van der Waals surface area (Å²) in [5.74, 6) is -0.301. The number of alkyl halides is 3. The first-order chi connectivity index (χ1) is 14.3. The number of anilines is 1. The van der Waals surface area contributed by atoms with Gasteiger partial charge in [0, 0.05) is 16.3 Å².